The van der Waals surface area contributed by atoms with Crippen LogP contribution >= 0.6 is 23.2 Å². The van der Waals surface area contributed by atoms with Crippen LogP contribution in [-0.4, -0.2) is 37.3 Å². The molecule has 1 saturated carbocycles. The highest BCUT2D eigenvalue weighted by atomic mass is 35.5. The molecule has 1 aromatic rings. The summed E-state index contributed by atoms with van der Waals surface area (Å²) >= 11 is 12.4. The SMILES string of the molecule is CCCOCCOC(=O)C1=C(C)N=C2CC(C)(C)CC(=O)C2C1c1ccc(Cl)c(Cl)c1. The van der Waals surface area contributed by atoms with Crippen molar-refractivity contribution >= 4 is 40.7 Å². The Kier molecular flexibility index (Phi) is 7.61. The molecular weight excluding hydrogens is 437 g/mol. The van der Waals surface area contributed by atoms with Crippen molar-refractivity contribution in [3.63, 3.8) is 0 Å². The topological polar surface area (TPSA) is 65.0 Å². The lowest BCUT2D eigenvalue weighted by Crippen LogP contribution is -2.44. The summed E-state index contributed by atoms with van der Waals surface area (Å²) in [7, 11) is 0. The predicted octanol–water partition coefficient (Wildman–Crippen LogP) is 5.78. The predicted molar refractivity (Wildman–Crippen MR) is 123 cm³/mol. The molecule has 1 aromatic carbocycles. The average Bonchev–Trinajstić information content (AvgIpc) is 2.67. The summed E-state index contributed by atoms with van der Waals surface area (Å²) in [4.78, 5) is 31.1. The van der Waals surface area contributed by atoms with Crippen LogP contribution in [-0.2, 0) is 19.1 Å². The van der Waals surface area contributed by atoms with Gasteiger partial charge in [0.25, 0.3) is 0 Å². The van der Waals surface area contributed by atoms with E-state index < -0.39 is 17.8 Å². The van der Waals surface area contributed by atoms with Gasteiger partial charge in [-0.05, 0) is 42.9 Å². The summed E-state index contributed by atoms with van der Waals surface area (Å²) in [5.74, 6) is -1.41. The van der Waals surface area contributed by atoms with Crippen LogP contribution in [0.5, 0.6) is 0 Å². The number of ketones is 1. The second-order valence-electron chi connectivity index (χ2n) is 8.96. The number of hydrogen-bond donors (Lipinski definition) is 0. The summed E-state index contributed by atoms with van der Waals surface area (Å²) in [6.45, 7) is 9.03. The third-order valence-corrected chi connectivity index (χ3v) is 6.43. The highest BCUT2D eigenvalue weighted by Gasteiger charge is 2.47. The Balaban J connectivity index is 1.99. The minimum absolute atomic E-state index is 0.0788. The molecule has 1 heterocycles. The third kappa shape index (κ3) is 5.39. The number of nitrogens with zero attached hydrogens (tertiary/aromatic N) is 1. The molecule has 1 aliphatic heterocycles. The molecule has 0 saturated heterocycles. The monoisotopic (exact) mass is 465 g/mol. The number of Topliss-reactive ketones (excluding diaryl/α,β-unsaturated/α-hetero) is 1. The van der Waals surface area contributed by atoms with E-state index in [1.54, 1.807) is 19.1 Å². The number of rotatable bonds is 7. The zero-order valence-corrected chi connectivity index (χ0v) is 20.0. The number of carbonyl (C=O) groups is 2. The van der Waals surface area contributed by atoms with Crippen molar-refractivity contribution < 1.29 is 19.1 Å². The quantitative estimate of drug-likeness (QED) is 0.378. The van der Waals surface area contributed by atoms with Gasteiger partial charge in [0.1, 0.15) is 12.4 Å². The van der Waals surface area contributed by atoms with E-state index in [2.05, 4.69) is 13.8 Å². The van der Waals surface area contributed by atoms with E-state index in [-0.39, 0.29) is 17.8 Å². The Morgan fingerprint density at radius 1 is 1.13 bits per heavy atom. The molecule has 0 spiro atoms. The van der Waals surface area contributed by atoms with Crippen LogP contribution in [0.25, 0.3) is 0 Å². The Morgan fingerprint density at radius 3 is 2.55 bits per heavy atom. The third-order valence-electron chi connectivity index (χ3n) is 5.70. The standard InChI is InChI=1S/C24H29Cl2NO4/c1-5-8-30-9-10-31-23(29)20-14(2)27-18-12-24(3,4)13-19(28)22(18)21(20)15-6-7-16(25)17(26)11-15/h6-7,11,21-22H,5,8-10,12-13H2,1-4H3. The highest BCUT2D eigenvalue weighted by molar-refractivity contribution is 6.42. The minimum Gasteiger partial charge on any atom is -0.460 e. The molecule has 7 heteroatoms. The fourth-order valence-corrected chi connectivity index (χ4v) is 4.75. The van der Waals surface area contributed by atoms with E-state index in [1.807, 2.05) is 13.0 Å². The van der Waals surface area contributed by atoms with Crippen LogP contribution in [0.3, 0.4) is 0 Å². The molecule has 0 radical (unpaired) electrons. The van der Waals surface area contributed by atoms with Crippen LogP contribution in [0.1, 0.15) is 58.4 Å². The van der Waals surface area contributed by atoms with Crippen LogP contribution in [0.15, 0.2) is 34.5 Å². The van der Waals surface area contributed by atoms with Crippen LogP contribution in [0, 0.1) is 11.3 Å². The van der Waals surface area contributed by atoms with Gasteiger partial charge in [-0.1, -0.05) is 50.0 Å². The first kappa shape index (κ1) is 24.0. The number of aliphatic imine (C=N–C) groups is 1. The maximum atomic E-state index is 13.3. The van der Waals surface area contributed by atoms with Gasteiger partial charge < -0.3 is 9.47 Å². The number of esters is 1. The van der Waals surface area contributed by atoms with Gasteiger partial charge in [0.05, 0.1) is 28.1 Å². The van der Waals surface area contributed by atoms with E-state index in [1.165, 1.54) is 0 Å². The van der Waals surface area contributed by atoms with Gasteiger partial charge in [-0.3, -0.25) is 9.79 Å². The molecule has 2 atom stereocenters. The van der Waals surface area contributed by atoms with Crippen LogP contribution in [0.2, 0.25) is 10.0 Å². The molecule has 5 nitrogen and oxygen atoms in total. The number of hydrogen-bond acceptors (Lipinski definition) is 5. The molecule has 3 rings (SSSR count). The minimum atomic E-state index is -0.507. The molecule has 0 amide bonds. The lowest BCUT2D eigenvalue weighted by atomic mass is 9.63. The zero-order chi connectivity index (χ0) is 22.8. The van der Waals surface area contributed by atoms with Crippen molar-refractivity contribution in [1.29, 1.82) is 0 Å². The van der Waals surface area contributed by atoms with Crippen molar-refractivity contribution in [2.24, 2.45) is 16.3 Å². The van der Waals surface area contributed by atoms with E-state index in [0.29, 0.717) is 47.4 Å². The van der Waals surface area contributed by atoms with E-state index in [4.69, 9.17) is 37.7 Å². The Morgan fingerprint density at radius 2 is 1.87 bits per heavy atom. The molecule has 0 bridgehead atoms. The smallest absolute Gasteiger partial charge is 0.336 e. The molecule has 1 aliphatic carbocycles. The summed E-state index contributed by atoms with van der Waals surface area (Å²) in [5, 5.41) is 0.800. The molecule has 1 fully saturated rings. The lowest BCUT2D eigenvalue weighted by molar-refractivity contribution is -0.141. The Labute approximate surface area is 193 Å². The molecule has 2 aliphatic rings. The van der Waals surface area contributed by atoms with E-state index >= 15 is 0 Å². The Hall–Kier alpha value is -1.69. The summed E-state index contributed by atoms with van der Waals surface area (Å²) in [6.07, 6.45) is 2.03. The van der Waals surface area contributed by atoms with E-state index in [9.17, 15) is 9.59 Å². The number of benzene rings is 1. The maximum absolute atomic E-state index is 13.3. The van der Waals surface area contributed by atoms with Crippen LogP contribution < -0.4 is 0 Å². The second kappa shape index (κ2) is 9.85. The second-order valence-corrected chi connectivity index (χ2v) is 9.78. The first-order chi connectivity index (χ1) is 14.6. The molecule has 168 valence electrons. The first-order valence-electron chi connectivity index (χ1n) is 10.7. The van der Waals surface area contributed by atoms with Gasteiger partial charge in [0.2, 0.25) is 0 Å². The first-order valence-corrected chi connectivity index (χ1v) is 11.4. The van der Waals surface area contributed by atoms with Gasteiger partial charge in [-0.2, -0.15) is 0 Å². The largest absolute Gasteiger partial charge is 0.460 e. The van der Waals surface area contributed by atoms with Gasteiger partial charge in [-0.15, -0.1) is 0 Å². The normalized spacial score (nSPS) is 22.8. The van der Waals surface area contributed by atoms with Gasteiger partial charge in [-0.25, -0.2) is 4.79 Å². The van der Waals surface area contributed by atoms with Gasteiger partial charge in [0.15, 0.2) is 0 Å². The lowest BCUT2D eigenvalue weighted by Gasteiger charge is -2.41. The molecule has 31 heavy (non-hydrogen) atoms. The summed E-state index contributed by atoms with van der Waals surface area (Å²) in [6, 6.07) is 5.24. The number of halogens is 2. The average molecular weight is 466 g/mol. The van der Waals surface area contributed by atoms with Crippen molar-refractivity contribution in [3.05, 3.63) is 45.1 Å². The molecule has 0 aromatic heterocycles. The number of fused-ring (bicyclic) bond motifs is 1. The maximum Gasteiger partial charge on any atom is 0.336 e. The highest BCUT2D eigenvalue weighted by Crippen LogP contribution is 2.47. The van der Waals surface area contributed by atoms with Gasteiger partial charge >= 0.3 is 5.97 Å². The Bertz CT molecular complexity index is 936. The van der Waals surface area contributed by atoms with Crippen LogP contribution in [0.4, 0.5) is 0 Å². The van der Waals surface area contributed by atoms with Crippen molar-refractivity contribution in [1.82, 2.24) is 0 Å². The van der Waals surface area contributed by atoms with Crippen molar-refractivity contribution in [2.75, 3.05) is 19.8 Å². The number of ether oxygens (including phenoxy) is 2. The summed E-state index contributed by atoms with van der Waals surface area (Å²) < 4.78 is 10.9. The molecule has 2 unspecified atom stereocenters. The molecule has 0 N–H and O–H groups in total. The number of carbonyl (C=O) groups excluding carboxylic acids is 2. The number of allylic oxidation sites excluding steroid dienone is 1. The van der Waals surface area contributed by atoms with Crippen molar-refractivity contribution in [2.45, 2.75) is 52.9 Å². The fraction of sp³-hybridized carbons (Fsp3) is 0.542. The van der Waals surface area contributed by atoms with E-state index in [0.717, 1.165) is 17.7 Å². The fourth-order valence-electron chi connectivity index (χ4n) is 4.44. The zero-order valence-electron chi connectivity index (χ0n) is 18.5. The van der Waals surface area contributed by atoms with Crippen molar-refractivity contribution in [3.8, 4) is 0 Å². The summed E-state index contributed by atoms with van der Waals surface area (Å²) in [5.41, 5.74) is 2.39. The molecular formula is C24H29Cl2NO4. The van der Waals surface area contributed by atoms with Gasteiger partial charge in [0, 0.05) is 30.4 Å².